The number of aryl methyl sites for hydroxylation is 2. The molecule has 2 atom stereocenters. The van der Waals surface area contributed by atoms with Gasteiger partial charge in [-0.2, -0.15) is 0 Å². The molecule has 1 fully saturated rings. The van der Waals surface area contributed by atoms with Crippen LogP contribution in [0, 0.1) is 25.7 Å². The lowest BCUT2D eigenvalue weighted by Gasteiger charge is -2.33. The maximum absolute atomic E-state index is 13.3. The Bertz CT molecular complexity index is 1040. The minimum Gasteiger partial charge on any atom is -0.346 e. The van der Waals surface area contributed by atoms with Crippen molar-refractivity contribution in [2.45, 2.75) is 53.0 Å². The summed E-state index contributed by atoms with van der Waals surface area (Å²) in [5.74, 6) is 1.87. The number of amides is 1. The van der Waals surface area contributed by atoms with Gasteiger partial charge >= 0.3 is 0 Å². The van der Waals surface area contributed by atoms with Crippen LogP contribution in [0.2, 0.25) is 0 Å². The van der Waals surface area contributed by atoms with Crippen molar-refractivity contribution in [3.63, 3.8) is 0 Å². The van der Waals surface area contributed by atoms with E-state index >= 15 is 0 Å². The molecule has 1 saturated heterocycles. The fourth-order valence-corrected chi connectivity index (χ4v) is 4.31. The number of carbonyl (C=O) groups excluding carboxylic acids is 1. The van der Waals surface area contributed by atoms with Crippen LogP contribution in [-0.2, 0) is 4.79 Å². The first-order valence-electron chi connectivity index (χ1n) is 11.1. The molecule has 3 aromatic heterocycles. The molecule has 0 spiro atoms. The summed E-state index contributed by atoms with van der Waals surface area (Å²) < 4.78 is 1.96. The maximum atomic E-state index is 13.3. The average Bonchev–Trinajstić information content (AvgIpc) is 3.16. The number of rotatable bonds is 6. The minimum atomic E-state index is -0.183. The Morgan fingerprint density at radius 3 is 2.71 bits per heavy atom. The molecule has 3 aromatic rings. The molecule has 0 unspecified atom stereocenters. The SMILES string of the molecule is Cc1cc(C)nc(N2CCC[C@H](C(=O)N[C@H](CC(C)C)c3nnc4ccccn34)C2)n1. The van der Waals surface area contributed by atoms with Crippen LogP contribution in [0.25, 0.3) is 5.65 Å². The molecule has 1 amide bonds. The number of carbonyl (C=O) groups is 1. The van der Waals surface area contributed by atoms with Gasteiger partial charge in [0.1, 0.15) is 0 Å². The lowest BCUT2D eigenvalue weighted by atomic mass is 9.96. The van der Waals surface area contributed by atoms with Crippen LogP contribution in [0.1, 0.15) is 56.4 Å². The van der Waals surface area contributed by atoms with Crippen molar-refractivity contribution in [2.24, 2.45) is 11.8 Å². The number of nitrogens with zero attached hydrogens (tertiary/aromatic N) is 6. The van der Waals surface area contributed by atoms with Crippen molar-refractivity contribution in [2.75, 3.05) is 18.0 Å². The molecule has 4 rings (SSSR count). The number of hydrogen-bond acceptors (Lipinski definition) is 6. The summed E-state index contributed by atoms with van der Waals surface area (Å²) in [7, 11) is 0. The van der Waals surface area contributed by atoms with Crippen LogP contribution in [0.5, 0.6) is 0 Å². The first kappa shape index (κ1) is 21.2. The molecule has 0 saturated carbocycles. The Labute approximate surface area is 183 Å². The lowest BCUT2D eigenvalue weighted by molar-refractivity contribution is -0.126. The van der Waals surface area contributed by atoms with E-state index in [9.17, 15) is 4.79 Å². The summed E-state index contributed by atoms with van der Waals surface area (Å²) in [6.07, 6.45) is 4.56. The second-order valence-electron chi connectivity index (χ2n) is 8.91. The predicted octanol–water partition coefficient (Wildman–Crippen LogP) is 3.26. The highest BCUT2D eigenvalue weighted by Crippen LogP contribution is 2.25. The molecular weight excluding hydrogens is 390 g/mol. The number of anilines is 1. The van der Waals surface area contributed by atoms with E-state index in [2.05, 4.69) is 44.2 Å². The molecule has 0 aromatic carbocycles. The standard InChI is InChI=1S/C23H31N7O/c1-15(2)12-19(21-28-27-20-9-5-6-11-30(20)21)26-22(31)18-8-7-10-29(14-18)23-24-16(3)13-17(4)25-23/h5-6,9,11,13,15,18-19H,7-8,10,12,14H2,1-4H3,(H,26,31)/t18-,19+/m0/s1. The summed E-state index contributed by atoms with van der Waals surface area (Å²) in [5.41, 5.74) is 2.69. The number of pyridine rings is 1. The number of aromatic nitrogens is 5. The molecule has 164 valence electrons. The summed E-state index contributed by atoms with van der Waals surface area (Å²) >= 11 is 0. The summed E-state index contributed by atoms with van der Waals surface area (Å²) in [6.45, 7) is 9.77. The van der Waals surface area contributed by atoms with Crippen molar-refractivity contribution >= 4 is 17.5 Å². The Morgan fingerprint density at radius 2 is 1.97 bits per heavy atom. The highest BCUT2D eigenvalue weighted by molar-refractivity contribution is 5.80. The first-order chi connectivity index (χ1) is 14.9. The second kappa shape index (κ2) is 8.99. The van der Waals surface area contributed by atoms with Gasteiger partial charge in [-0.15, -0.1) is 10.2 Å². The fourth-order valence-electron chi connectivity index (χ4n) is 4.31. The van der Waals surface area contributed by atoms with Crippen LogP contribution in [-0.4, -0.2) is 43.6 Å². The lowest BCUT2D eigenvalue weighted by Crippen LogP contribution is -2.45. The zero-order valence-electron chi connectivity index (χ0n) is 18.7. The van der Waals surface area contributed by atoms with E-state index in [1.54, 1.807) is 0 Å². The summed E-state index contributed by atoms with van der Waals surface area (Å²) in [6, 6.07) is 7.61. The number of hydrogen-bond donors (Lipinski definition) is 1. The Kier molecular flexibility index (Phi) is 6.15. The minimum absolute atomic E-state index is 0.0624. The van der Waals surface area contributed by atoms with E-state index in [0.29, 0.717) is 12.5 Å². The molecule has 31 heavy (non-hydrogen) atoms. The zero-order chi connectivity index (χ0) is 22.0. The van der Waals surface area contributed by atoms with Crippen LogP contribution >= 0.6 is 0 Å². The predicted molar refractivity (Wildman–Crippen MR) is 120 cm³/mol. The van der Waals surface area contributed by atoms with E-state index in [4.69, 9.17) is 0 Å². The molecule has 8 heteroatoms. The van der Waals surface area contributed by atoms with Crippen LogP contribution in [0.3, 0.4) is 0 Å². The van der Waals surface area contributed by atoms with Gasteiger partial charge in [-0.1, -0.05) is 19.9 Å². The van der Waals surface area contributed by atoms with Gasteiger partial charge in [0.25, 0.3) is 0 Å². The molecule has 1 aliphatic heterocycles. The first-order valence-corrected chi connectivity index (χ1v) is 11.1. The third-order valence-corrected chi connectivity index (χ3v) is 5.72. The summed E-state index contributed by atoms with van der Waals surface area (Å²) in [5, 5.41) is 11.9. The monoisotopic (exact) mass is 421 g/mol. The number of piperidine rings is 1. The van der Waals surface area contributed by atoms with Gasteiger partial charge in [0.15, 0.2) is 11.5 Å². The van der Waals surface area contributed by atoms with Crippen molar-refractivity contribution in [3.8, 4) is 0 Å². The van der Waals surface area contributed by atoms with E-state index in [0.717, 1.165) is 54.6 Å². The third-order valence-electron chi connectivity index (χ3n) is 5.72. The number of nitrogens with one attached hydrogen (secondary N) is 1. The molecule has 1 aliphatic rings. The van der Waals surface area contributed by atoms with Crippen molar-refractivity contribution in [1.82, 2.24) is 29.9 Å². The van der Waals surface area contributed by atoms with E-state index in [1.165, 1.54) is 0 Å². The van der Waals surface area contributed by atoms with Gasteiger partial charge < -0.3 is 10.2 Å². The number of fused-ring (bicyclic) bond motifs is 1. The molecular formula is C23H31N7O. The summed E-state index contributed by atoms with van der Waals surface area (Å²) in [4.78, 5) is 24.6. The van der Waals surface area contributed by atoms with E-state index in [1.807, 2.05) is 48.7 Å². The van der Waals surface area contributed by atoms with Crippen molar-refractivity contribution in [1.29, 1.82) is 0 Å². The van der Waals surface area contributed by atoms with Crippen LogP contribution in [0.4, 0.5) is 5.95 Å². The topological polar surface area (TPSA) is 88.3 Å². The zero-order valence-corrected chi connectivity index (χ0v) is 18.7. The molecule has 4 heterocycles. The van der Waals surface area contributed by atoms with Gasteiger partial charge in [-0.3, -0.25) is 9.20 Å². The quantitative estimate of drug-likeness (QED) is 0.657. The van der Waals surface area contributed by atoms with Crippen molar-refractivity contribution < 1.29 is 4.79 Å². The largest absolute Gasteiger partial charge is 0.346 e. The smallest absolute Gasteiger partial charge is 0.225 e. The van der Waals surface area contributed by atoms with Crippen molar-refractivity contribution in [3.05, 3.63) is 47.7 Å². The highest BCUT2D eigenvalue weighted by atomic mass is 16.2. The Balaban J connectivity index is 1.51. The molecule has 1 N–H and O–H groups in total. The average molecular weight is 422 g/mol. The molecule has 0 bridgehead atoms. The fraction of sp³-hybridized carbons (Fsp3) is 0.522. The molecule has 0 aliphatic carbocycles. The highest BCUT2D eigenvalue weighted by Gasteiger charge is 2.30. The van der Waals surface area contributed by atoms with Gasteiger partial charge in [0.05, 0.1) is 12.0 Å². The van der Waals surface area contributed by atoms with Crippen LogP contribution in [0.15, 0.2) is 30.5 Å². The van der Waals surface area contributed by atoms with Crippen LogP contribution < -0.4 is 10.2 Å². The molecule has 8 nitrogen and oxygen atoms in total. The van der Waals surface area contributed by atoms with Gasteiger partial charge in [0.2, 0.25) is 11.9 Å². The van der Waals surface area contributed by atoms with E-state index in [-0.39, 0.29) is 17.9 Å². The third kappa shape index (κ3) is 4.84. The van der Waals surface area contributed by atoms with Gasteiger partial charge in [-0.25, -0.2) is 9.97 Å². The second-order valence-corrected chi connectivity index (χ2v) is 8.91. The Morgan fingerprint density at radius 1 is 1.19 bits per heavy atom. The van der Waals surface area contributed by atoms with Gasteiger partial charge in [-0.05, 0) is 57.2 Å². The van der Waals surface area contributed by atoms with E-state index < -0.39 is 0 Å². The Hall–Kier alpha value is -3.03. The normalized spacial score (nSPS) is 17.8. The molecule has 0 radical (unpaired) electrons. The maximum Gasteiger partial charge on any atom is 0.225 e. The van der Waals surface area contributed by atoms with Gasteiger partial charge in [0, 0.05) is 30.7 Å².